The molecule has 0 amide bonds. The number of hydrogen-bond acceptors (Lipinski definition) is 3. The standard InChI is InChI=1S/C14H11ClO3/c1-18-14-6-5-8(16)7-10(14)13(17)9-3-2-4-11(15)12(9)14/h2-6,10H,7H2,1H3. The molecule has 0 fully saturated rings. The average Bonchev–Trinajstić information content (AvgIpc) is 2.62. The molecule has 0 heterocycles. The Morgan fingerprint density at radius 3 is 2.89 bits per heavy atom. The summed E-state index contributed by atoms with van der Waals surface area (Å²) in [5.74, 6) is -0.605. The third-order valence-corrected chi connectivity index (χ3v) is 4.08. The molecule has 0 aromatic heterocycles. The first-order chi connectivity index (χ1) is 8.60. The number of carbonyl (C=O) groups excluding carboxylic acids is 2. The van der Waals surface area contributed by atoms with Crippen molar-refractivity contribution in [2.75, 3.05) is 7.11 Å². The Labute approximate surface area is 109 Å². The van der Waals surface area contributed by atoms with E-state index < -0.39 is 11.5 Å². The van der Waals surface area contributed by atoms with E-state index in [1.54, 1.807) is 31.4 Å². The van der Waals surface area contributed by atoms with Gasteiger partial charge in [-0.05, 0) is 18.2 Å². The first-order valence-corrected chi connectivity index (χ1v) is 6.08. The Morgan fingerprint density at radius 1 is 1.39 bits per heavy atom. The summed E-state index contributed by atoms with van der Waals surface area (Å²) in [6.45, 7) is 0. The van der Waals surface area contributed by atoms with Gasteiger partial charge in [-0.15, -0.1) is 0 Å². The smallest absolute Gasteiger partial charge is 0.170 e. The molecular weight excluding hydrogens is 252 g/mol. The average molecular weight is 263 g/mol. The summed E-state index contributed by atoms with van der Waals surface area (Å²) in [6.07, 6.45) is 3.32. The number of Topliss-reactive ketones (excluding diaryl/α,β-unsaturated/α-hetero) is 1. The molecule has 2 aliphatic rings. The van der Waals surface area contributed by atoms with Gasteiger partial charge >= 0.3 is 0 Å². The Bertz CT molecular complexity index is 591. The number of fused-ring (bicyclic) bond motifs is 3. The van der Waals surface area contributed by atoms with Crippen molar-refractivity contribution >= 4 is 23.2 Å². The van der Waals surface area contributed by atoms with E-state index in [1.165, 1.54) is 6.08 Å². The highest BCUT2D eigenvalue weighted by atomic mass is 35.5. The van der Waals surface area contributed by atoms with Crippen molar-refractivity contribution in [2.45, 2.75) is 12.0 Å². The Hall–Kier alpha value is -1.45. The van der Waals surface area contributed by atoms with Crippen molar-refractivity contribution in [3.05, 3.63) is 46.5 Å². The minimum Gasteiger partial charge on any atom is -0.369 e. The van der Waals surface area contributed by atoms with Crippen LogP contribution in [0.2, 0.25) is 5.02 Å². The largest absolute Gasteiger partial charge is 0.369 e. The number of hydrogen-bond donors (Lipinski definition) is 0. The van der Waals surface area contributed by atoms with Gasteiger partial charge in [-0.3, -0.25) is 9.59 Å². The predicted molar refractivity (Wildman–Crippen MR) is 66.7 cm³/mol. The van der Waals surface area contributed by atoms with Crippen molar-refractivity contribution in [1.29, 1.82) is 0 Å². The molecule has 1 aromatic rings. The lowest BCUT2D eigenvalue weighted by Gasteiger charge is -2.33. The van der Waals surface area contributed by atoms with Crippen LogP contribution in [0.4, 0.5) is 0 Å². The van der Waals surface area contributed by atoms with Crippen LogP contribution in [-0.4, -0.2) is 18.7 Å². The maximum Gasteiger partial charge on any atom is 0.170 e. The molecule has 1 aromatic carbocycles. The van der Waals surface area contributed by atoms with Gasteiger partial charge in [0.05, 0.1) is 5.92 Å². The number of allylic oxidation sites excluding steroid dienone is 1. The van der Waals surface area contributed by atoms with Gasteiger partial charge in [-0.25, -0.2) is 0 Å². The minimum atomic E-state index is -0.876. The van der Waals surface area contributed by atoms with Crippen molar-refractivity contribution in [3.63, 3.8) is 0 Å². The molecule has 2 atom stereocenters. The Kier molecular flexibility index (Phi) is 2.44. The molecule has 0 bridgehead atoms. The van der Waals surface area contributed by atoms with Gasteiger partial charge in [0.15, 0.2) is 11.6 Å². The Balaban J connectivity index is 2.32. The number of ketones is 2. The molecule has 0 radical (unpaired) electrons. The minimum absolute atomic E-state index is 0.0510. The van der Waals surface area contributed by atoms with E-state index in [-0.39, 0.29) is 18.0 Å². The Morgan fingerprint density at radius 2 is 2.17 bits per heavy atom. The van der Waals surface area contributed by atoms with Gasteiger partial charge < -0.3 is 4.74 Å². The molecule has 0 saturated heterocycles. The fourth-order valence-corrected chi connectivity index (χ4v) is 3.25. The number of rotatable bonds is 1. The number of ether oxygens (including phenoxy) is 1. The second-order valence-electron chi connectivity index (χ2n) is 4.58. The van der Waals surface area contributed by atoms with Crippen molar-refractivity contribution in [3.8, 4) is 0 Å². The summed E-state index contributed by atoms with van der Waals surface area (Å²) in [5.41, 5.74) is 0.375. The lowest BCUT2D eigenvalue weighted by atomic mass is 9.79. The lowest BCUT2D eigenvalue weighted by molar-refractivity contribution is -0.118. The molecule has 0 N–H and O–H groups in total. The fraction of sp³-hybridized carbons (Fsp3) is 0.286. The number of carbonyl (C=O) groups is 2. The van der Waals surface area contributed by atoms with Gasteiger partial charge in [-0.2, -0.15) is 0 Å². The molecule has 0 saturated carbocycles. The molecule has 3 nitrogen and oxygen atoms in total. The lowest BCUT2D eigenvalue weighted by Crippen LogP contribution is -2.38. The maximum atomic E-state index is 12.4. The van der Waals surface area contributed by atoms with Crippen LogP contribution >= 0.6 is 11.6 Å². The zero-order chi connectivity index (χ0) is 12.9. The number of methoxy groups -OCH3 is 1. The summed E-state index contributed by atoms with van der Waals surface area (Å²) in [4.78, 5) is 23.9. The van der Waals surface area contributed by atoms with Crippen LogP contribution in [0.15, 0.2) is 30.4 Å². The van der Waals surface area contributed by atoms with Crippen molar-refractivity contribution < 1.29 is 14.3 Å². The zero-order valence-electron chi connectivity index (χ0n) is 9.77. The van der Waals surface area contributed by atoms with Crippen molar-refractivity contribution in [2.24, 2.45) is 5.92 Å². The monoisotopic (exact) mass is 262 g/mol. The van der Waals surface area contributed by atoms with Crippen LogP contribution in [0.5, 0.6) is 0 Å². The van der Waals surface area contributed by atoms with Crippen LogP contribution in [0.25, 0.3) is 0 Å². The second kappa shape index (κ2) is 3.77. The quantitative estimate of drug-likeness (QED) is 0.781. The molecule has 18 heavy (non-hydrogen) atoms. The second-order valence-corrected chi connectivity index (χ2v) is 4.99. The highest BCUT2D eigenvalue weighted by molar-refractivity contribution is 6.32. The number of halogens is 1. The summed E-state index contributed by atoms with van der Waals surface area (Å²) < 4.78 is 5.58. The predicted octanol–water partition coefficient (Wildman–Crippen LogP) is 2.52. The fourth-order valence-electron chi connectivity index (χ4n) is 2.93. The third-order valence-electron chi connectivity index (χ3n) is 3.76. The molecule has 4 heteroatoms. The highest BCUT2D eigenvalue weighted by Gasteiger charge is 2.54. The summed E-state index contributed by atoms with van der Waals surface area (Å²) in [7, 11) is 1.54. The molecular formula is C14H11ClO3. The van der Waals surface area contributed by atoms with E-state index in [0.717, 1.165) is 0 Å². The van der Waals surface area contributed by atoms with E-state index in [4.69, 9.17) is 16.3 Å². The van der Waals surface area contributed by atoms with Crippen LogP contribution < -0.4 is 0 Å². The van der Waals surface area contributed by atoms with Gasteiger partial charge in [0.1, 0.15) is 5.60 Å². The van der Waals surface area contributed by atoms with Crippen LogP contribution in [0, 0.1) is 5.92 Å². The highest BCUT2D eigenvalue weighted by Crippen LogP contribution is 2.50. The molecule has 2 unspecified atom stereocenters. The van der Waals surface area contributed by atoms with E-state index in [1.807, 2.05) is 0 Å². The van der Waals surface area contributed by atoms with Gasteiger partial charge in [-0.1, -0.05) is 23.7 Å². The van der Waals surface area contributed by atoms with Crippen LogP contribution in [0.3, 0.4) is 0 Å². The normalized spacial score (nSPS) is 29.3. The van der Waals surface area contributed by atoms with Crippen molar-refractivity contribution in [1.82, 2.24) is 0 Å². The first-order valence-electron chi connectivity index (χ1n) is 5.70. The zero-order valence-corrected chi connectivity index (χ0v) is 10.5. The third kappa shape index (κ3) is 1.29. The summed E-state index contributed by atoms with van der Waals surface area (Å²) >= 11 is 6.21. The first kappa shape index (κ1) is 11.6. The van der Waals surface area contributed by atoms with E-state index >= 15 is 0 Å². The summed E-state index contributed by atoms with van der Waals surface area (Å²) in [5, 5.41) is 0.504. The molecule has 92 valence electrons. The van der Waals surface area contributed by atoms with Crippen LogP contribution in [-0.2, 0) is 15.1 Å². The molecule has 0 spiro atoms. The molecule has 0 aliphatic heterocycles. The van der Waals surface area contributed by atoms with Gasteiger partial charge in [0, 0.05) is 29.7 Å². The maximum absolute atomic E-state index is 12.4. The number of benzene rings is 1. The van der Waals surface area contributed by atoms with E-state index in [0.29, 0.717) is 16.1 Å². The van der Waals surface area contributed by atoms with Crippen LogP contribution in [0.1, 0.15) is 22.3 Å². The van der Waals surface area contributed by atoms with E-state index in [9.17, 15) is 9.59 Å². The molecule has 3 rings (SSSR count). The summed E-state index contributed by atoms with van der Waals surface area (Å²) in [6, 6.07) is 5.22. The van der Waals surface area contributed by atoms with E-state index in [2.05, 4.69) is 0 Å². The van der Waals surface area contributed by atoms with Gasteiger partial charge in [0.2, 0.25) is 0 Å². The van der Waals surface area contributed by atoms with Gasteiger partial charge in [0.25, 0.3) is 0 Å². The molecule has 2 aliphatic carbocycles. The SMILES string of the molecule is COC12C=CC(=O)CC1C(=O)c1cccc(Cl)c12. The topological polar surface area (TPSA) is 43.4 Å².